The van der Waals surface area contributed by atoms with Crippen molar-refractivity contribution >= 4 is 49.3 Å². The van der Waals surface area contributed by atoms with Gasteiger partial charge in [-0.15, -0.1) is 23.4 Å². The Kier molecular flexibility index (Phi) is 9.65. The molecule has 0 unspecified atom stereocenters. The van der Waals surface area contributed by atoms with Crippen LogP contribution in [0.5, 0.6) is 5.75 Å². The number of benzene rings is 1. The van der Waals surface area contributed by atoms with E-state index in [1.165, 1.54) is 18.4 Å². The zero-order chi connectivity index (χ0) is 29.8. The molecule has 2 fully saturated rings. The molecule has 0 saturated carbocycles. The molecule has 0 bridgehead atoms. The van der Waals surface area contributed by atoms with Gasteiger partial charge in [0.25, 0.3) is 16.1 Å². The van der Waals surface area contributed by atoms with Crippen LogP contribution in [0, 0.1) is 0 Å². The number of hydrogen-bond acceptors (Lipinski definition) is 11. The molecule has 3 heterocycles. The highest BCUT2D eigenvalue weighted by molar-refractivity contribution is 7.86. The van der Waals surface area contributed by atoms with Crippen LogP contribution in [-0.2, 0) is 19.7 Å². The van der Waals surface area contributed by atoms with Gasteiger partial charge in [-0.2, -0.15) is 17.0 Å². The lowest BCUT2D eigenvalue weighted by atomic mass is 10.1. The van der Waals surface area contributed by atoms with Crippen molar-refractivity contribution in [2.24, 2.45) is 0 Å². The van der Waals surface area contributed by atoms with Crippen LogP contribution in [-0.4, -0.2) is 123 Å². The average molecular weight is 623 g/mol. The van der Waals surface area contributed by atoms with E-state index in [4.69, 9.17) is 4.74 Å². The quantitative estimate of drug-likeness (QED) is 0.413. The molecule has 14 nitrogen and oxygen atoms in total. The van der Waals surface area contributed by atoms with Crippen LogP contribution in [0.3, 0.4) is 0 Å². The Bertz CT molecular complexity index is 1340. The molecule has 19 heteroatoms. The van der Waals surface area contributed by atoms with Gasteiger partial charge < -0.3 is 19.7 Å². The summed E-state index contributed by atoms with van der Waals surface area (Å²) in [6, 6.07) is 3.15. The number of alkyl halides is 3. The normalized spacial score (nSPS) is 17.5. The fourth-order valence-electron chi connectivity index (χ4n) is 4.04. The van der Waals surface area contributed by atoms with Gasteiger partial charge in [0.2, 0.25) is 16.2 Å². The number of nitrogens with zero attached hydrogens (tertiary/aromatic N) is 6. The molecular weight excluding hydrogens is 593 g/mol. The van der Waals surface area contributed by atoms with Gasteiger partial charge in [-0.3, -0.25) is 19.8 Å². The summed E-state index contributed by atoms with van der Waals surface area (Å²) in [7, 11) is -0.616. The van der Waals surface area contributed by atoms with Gasteiger partial charge >= 0.3 is 6.36 Å². The number of morpholine rings is 1. The van der Waals surface area contributed by atoms with E-state index in [1.54, 1.807) is 4.90 Å². The minimum atomic E-state index is -5.02. The van der Waals surface area contributed by atoms with Crippen molar-refractivity contribution in [1.82, 2.24) is 23.7 Å². The average Bonchev–Trinajstić information content (AvgIpc) is 3.37. The molecule has 4 rings (SSSR count). The maximum atomic E-state index is 13.0. The molecule has 0 aliphatic carbocycles. The highest BCUT2D eigenvalue weighted by atomic mass is 32.2. The van der Waals surface area contributed by atoms with Crippen LogP contribution in [0.4, 0.5) is 29.1 Å². The predicted octanol–water partition coefficient (Wildman–Crippen LogP) is 0.888. The second-order valence-corrected chi connectivity index (χ2v) is 12.3. The summed E-state index contributed by atoms with van der Waals surface area (Å²) in [4.78, 5) is 29.1. The Morgan fingerprint density at radius 1 is 1.07 bits per heavy atom. The van der Waals surface area contributed by atoms with Crippen molar-refractivity contribution in [3.63, 3.8) is 0 Å². The Hall–Kier alpha value is -3.10. The first-order valence-corrected chi connectivity index (χ1v) is 14.6. The number of anilines is 3. The van der Waals surface area contributed by atoms with Crippen molar-refractivity contribution in [2.75, 3.05) is 88.7 Å². The molecular formula is C22H29F3N8O6S2. The maximum Gasteiger partial charge on any atom is 0.573 e. The molecule has 1 aromatic heterocycles. The molecule has 2 aromatic rings. The number of hydrogen-bond donors (Lipinski definition) is 2. The first kappa shape index (κ1) is 30.8. The third kappa shape index (κ3) is 8.23. The van der Waals surface area contributed by atoms with Crippen molar-refractivity contribution in [1.29, 1.82) is 0 Å². The van der Waals surface area contributed by atoms with Gasteiger partial charge in [0, 0.05) is 58.9 Å². The smallest absolute Gasteiger partial charge is 0.404 e. The number of carbonyl (C=O) groups excluding carboxylic acids is 2. The number of piperazine rings is 1. The molecule has 1 aromatic carbocycles. The molecule has 2 aliphatic heterocycles. The van der Waals surface area contributed by atoms with Gasteiger partial charge in [-0.05, 0) is 18.2 Å². The number of rotatable bonds is 9. The van der Waals surface area contributed by atoms with Crippen molar-refractivity contribution < 1.29 is 40.7 Å². The molecule has 2 saturated heterocycles. The number of aromatic nitrogens is 2. The standard InChI is InChI=1S/C22H29F3N8O6S2/c1-30(2)41(36,37)33-7-5-32(6-8-33)21-29-28-20(40-21)27-19(35)15-3-4-17(39-22(23,24)25)16(13-15)26-18(34)14-31-9-11-38-12-10-31/h3-4,13H,5-12,14H2,1-2H3,(H,26,34)(H,27,28,35). The topological polar surface area (TPSA) is 150 Å². The summed E-state index contributed by atoms with van der Waals surface area (Å²) in [5.41, 5.74) is -0.378. The molecule has 0 atom stereocenters. The van der Waals surface area contributed by atoms with E-state index in [1.807, 2.05) is 4.90 Å². The van der Waals surface area contributed by atoms with Crippen LogP contribution in [0.15, 0.2) is 18.2 Å². The van der Waals surface area contributed by atoms with Crippen molar-refractivity contribution in [3.05, 3.63) is 23.8 Å². The third-order valence-corrected chi connectivity index (χ3v) is 8.98. The maximum absolute atomic E-state index is 13.0. The van der Waals surface area contributed by atoms with Gasteiger partial charge in [-0.1, -0.05) is 11.3 Å². The minimum Gasteiger partial charge on any atom is -0.404 e. The Labute approximate surface area is 238 Å². The Balaban J connectivity index is 1.41. The number of carbonyl (C=O) groups is 2. The number of ether oxygens (including phenoxy) is 2. The summed E-state index contributed by atoms with van der Waals surface area (Å²) >= 11 is 1.06. The van der Waals surface area contributed by atoms with E-state index in [0.29, 0.717) is 44.5 Å². The van der Waals surface area contributed by atoms with E-state index in [-0.39, 0.29) is 36.0 Å². The summed E-state index contributed by atoms with van der Waals surface area (Å²) < 4.78 is 75.3. The van der Waals surface area contributed by atoms with E-state index in [0.717, 1.165) is 33.8 Å². The van der Waals surface area contributed by atoms with Crippen LogP contribution in [0.2, 0.25) is 0 Å². The summed E-state index contributed by atoms with van der Waals surface area (Å²) in [5.74, 6) is -1.95. The SMILES string of the molecule is CN(C)S(=O)(=O)N1CCN(c2nnc(NC(=O)c3ccc(OC(F)(F)F)c(NC(=O)CN4CCOCC4)c3)s2)CC1. The van der Waals surface area contributed by atoms with Gasteiger partial charge in [-0.25, -0.2) is 0 Å². The van der Waals surface area contributed by atoms with E-state index in [9.17, 15) is 31.2 Å². The minimum absolute atomic E-state index is 0.0551. The van der Waals surface area contributed by atoms with Crippen molar-refractivity contribution in [2.45, 2.75) is 6.36 Å². The van der Waals surface area contributed by atoms with E-state index in [2.05, 4.69) is 25.6 Å². The molecule has 2 amide bonds. The lowest BCUT2D eigenvalue weighted by Crippen LogP contribution is -2.51. The van der Waals surface area contributed by atoms with E-state index >= 15 is 0 Å². The van der Waals surface area contributed by atoms with Crippen LogP contribution < -0.4 is 20.3 Å². The molecule has 226 valence electrons. The lowest BCUT2D eigenvalue weighted by molar-refractivity contribution is -0.274. The van der Waals surface area contributed by atoms with Gasteiger partial charge in [0.05, 0.1) is 25.4 Å². The van der Waals surface area contributed by atoms with Crippen LogP contribution in [0.1, 0.15) is 10.4 Å². The Morgan fingerprint density at radius 2 is 1.76 bits per heavy atom. The fourth-order valence-corrected chi connectivity index (χ4v) is 5.92. The molecule has 0 spiro atoms. The first-order chi connectivity index (χ1) is 19.3. The van der Waals surface area contributed by atoms with Gasteiger partial charge in [0.1, 0.15) is 0 Å². The highest BCUT2D eigenvalue weighted by Gasteiger charge is 2.33. The third-order valence-electron chi connectivity index (χ3n) is 6.14. The second kappa shape index (κ2) is 12.8. The largest absolute Gasteiger partial charge is 0.573 e. The summed E-state index contributed by atoms with van der Waals surface area (Å²) in [6.07, 6.45) is -5.02. The molecule has 41 heavy (non-hydrogen) atoms. The molecule has 2 N–H and O–H groups in total. The van der Waals surface area contributed by atoms with Crippen LogP contribution in [0.25, 0.3) is 0 Å². The first-order valence-electron chi connectivity index (χ1n) is 12.4. The zero-order valence-corrected chi connectivity index (χ0v) is 23.8. The van der Waals surface area contributed by atoms with E-state index < -0.39 is 34.1 Å². The van der Waals surface area contributed by atoms with Gasteiger partial charge in [0.15, 0.2) is 5.75 Å². The monoisotopic (exact) mass is 622 g/mol. The fraction of sp³-hybridized carbons (Fsp3) is 0.545. The Morgan fingerprint density at radius 3 is 2.39 bits per heavy atom. The number of nitrogens with one attached hydrogen (secondary N) is 2. The number of amides is 2. The van der Waals surface area contributed by atoms with Crippen LogP contribution >= 0.6 is 11.3 Å². The highest BCUT2D eigenvalue weighted by Crippen LogP contribution is 2.32. The number of halogens is 3. The molecule has 2 aliphatic rings. The second-order valence-electron chi connectivity index (χ2n) is 9.22. The lowest BCUT2D eigenvalue weighted by Gasteiger charge is -2.34. The molecule has 0 radical (unpaired) electrons. The summed E-state index contributed by atoms with van der Waals surface area (Å²) in [6.45, 7) is 3.01. The zero-order valence-electron chi connectivity index (χ0n) is 22.2. The van der Waals surface area contributed by atoms with Crippen molar-refractivity contribution in [3.8, 4) is 5.75 Å². The predicted molar refractivity (Wildman–Crippen MR) is 143 cm³/mol. The summed E-state index contributed by atoms with van der Waals surface area (Å²) in [5, 5.41) is 13.6.